The van der Waals surface area contributed by atoms with Crippen LogP contribution in [0.3, 0.4) is 0 Å². The molecule has 0 spiro atoms. The molecule has 25 heavy (non-hydrogen) atoms. The largest absolute Gasteiger partial charge is 0.0795 e. The lowest BCUT2D eigenvalue weighted by Gasteiger charge is -2.15. The summed E-state index contributed by atoms with van der Waals surface area (Å²) in [6, 6.07) is 4.86. The van der Waals surface area contributed by atoms with Crippen molar-refractivity contribution >= 4 is 6.08 Å². The standard InChI is InChI=1S/C25H38/c1-2-4-6-8-10-12-14-18-24-22(16-13-11-9-7-5-3-1)20-21-23-17-15-19-25(23)24/h15,19-21H,1-14,16-18H2. The van der Waals surface area contributed by atoms with Gasteiger partial charge >= 0.3 is 0 Å². The van der Waals surface area contributed by atoms with E-state index in [9.17, 15) is 0 Å². The Morgan fingerprint density at radius 3 is 1.56 bits per heavy atom. The van der Waals surface area contributed by atoms with Crippen LogP contribution >= 0.6 is 0 Å². The lowest BCUT2D eigenvalue weighted by molar-refractivity contribution is 0.530. The Kier molecular flexibility index (Phi) is 8.13. The van der Waals surface area contributed by atoms with Crippen molar-refractivity contribution in [1.29, 1.82) is 0 Å². The molecule has 0 N–H and O–H groups in total. The van der Waals surface area contributed by atoms with Crippen molar-refractivity contribution < 1.29 is 0 Å². The van der Waals surface area contributed by atoms with Crippen molar-refractivity contribution in [2.45, 2.75) is 109 Å². The predicted molar refractivity (Wildman–Crippen MR) is 111 cm³/mol. The van der Waals surface area contributed by atoms with Crippen LogP contribution in [0.1, 0.15) is 112 Å². The van der Waals surface area contributed by atoms with Crippen LogP contribution in [-0.4, -0.2) is 0 Å². The zero-order chi connectivity index (χ0) is 17.2. The van der Waals surface area contributed by atoms with Gasteiger partial charge in [0.05, 0.1) is 0 Å². The van der Waals surface area contributed by atoms with Crippen molar-refractivity contribution in [1.82, 2.24) is 0 Å². The molecule has 0 heteroatoms. The van der Waals surface area contributed by atoms with E-state index in [-0.39, 0.29) is 0 Å². The van der Waals surface area contributed by atoms with E-state index in [0.29, 0.717) is 0 Å². The number of hydrogen-bond donors (Lipinski definition) is 0. The van der Waals surface area contributed by atoms with E-state index in [0.717, 1.165) is 6.42 Å². The second-order valence-electron chi connectivity index (χ2n) is 8.33. The van der Waals surface area contributed by atoms with E-state index in [4.69, 9.17) is 0 Å². The maximum absolute atomic E-state index is 2.46. The highest BCUT2D eigenvalue weighted by Crippen LogP contribution is 2.29. The molecule has 0 fully saturated rings. The Bertz CT molecular complexity index is 537. The van der Waals surface area contributed by atoms with Gasteiger partial charge in [0.25, 0.3) is 0 Å². The monoisotopic (exact) mass is 338 g/mol. The van der Waals surface area contributed by atoms with Crippen molar-refractivity contribution in [3.05, 3.63) is 40.5 Å². The van der Waals surface area contributed by atoms with E-state index in [2.05, 4.69) is 24.3 Å². The normalized spacial score (nSPS) is 21.1. The summed E-state index contributed by atoms with van der Waals surface area (Å²) >= 11 is 0. The number of aryl methyl sites for hydroxylation is 1. The second kappa shape index (κ2) is 10.8. The highest BCUT2D eigenvalue weighted by Gasteiger charge is 2.13. The van der Waals surface area contributed by atoms with Crippen LogP contribution in [-0.2, 0) is 19.3 Å². The maximum Gasteiger partial charge on any atom is -0.00881 e. The third-order valence-corrected chi connectivity index (χ3v) is 6.29. The zero-order valence-corrected chi connectivity index (χ0v) is 16.3. The minimum Gasteiger partial charge on any atom is -0.0795 e. The molecule has 2 aliphatic rings. The van der Waals surface area contributed by atoms with Crippen molar-refractivity contribution in [2.24, 2.45) is 0 Å². The molecule has 1 aromatic rings. The summed E-state index contributed by atoms with van der Waals surface area (Å²) < 4.78 is 0. The average Bonchev–Trinajstić information content (AvgIpc) is 3.10. The fraction of sp³-hybridized carbons (Fsp3) is 0.680. The van der Waals surface area contributed by atoms with Gasteiger partial charge in [0.2, 0.25) is 0 Å². The molecule has 0 bridgehead atoms. The molecule has 3 rings (SSSR count). The smallest absolute Gasteiger partial charge is 0.00881 e. The molecular formula is C25H38. The highest BCUT2D eigenvalue weighted by molar-refractivity contribution is 5.65. The second-order valence-corrected chi connectivity index (χ2v) is 8.33. The fourth-order valence-electron chi connectivity index (χ4n) is 4.72. The summed E-state index contributed by atoms with van der Waals surface area (Å²) in [4.78, 5) is 0. The van der Waals surface area contributed by atoms with E-state index in [1.807, 2.05) is 0 Å². The first-order chi connectivity index (χ1) is 12.4. The van der Waals surface area contributed by atoms with E-state index in [1.165, 1.54) is 103 Å². The molecule has 0 radical (unpaired) electrons. The Hall–Kier alpha value is -1.04. The molecule has 0 heterocycles. The van der Waals surface area contributed by atoms with Gasteiger partial charge in [-0.05, 0) is 54.4 Å². The third-order valence-electron chi connectivity index (χ3n) is 6.29. The van der Waals surface area contributed by atoms with Gasteiger partial charge in [-0.2, -0.15) is 0 Å². The first-order valence-electron chi connectivity index (χ1n) is 11.3. The van der Waals surface area contributed by atoms with Crippen LogP contribution in [0.4, 0.5) is 0 Å². The quantitative estimate of drug-likeness (QED) is 0.452. The Morgan fingerprint density at radius 2 is 0.960 bits per heavy atom. The molecule has 2 aliphatic carbocycles. The van der Waals surface area contributed by atoms with Crippen molar-refractivity contribution in [3.8, 4) is 0 Å². The molecular weight excluding hydrogens is 300 g/mol. The lowest BCUT2D eigenvalue weighted by Crippen LogP contribution is -2.01. The summed E-state index contributed by atoms with van der Waals surface area (Å²) in [5, 5.41) is 0. The van der Waals surface area contributed by atoms with Gasteiger partial charge in [0, 0.05) is 0 Å². The summed E-state index contributed by atoms with van der Waals surface area (Å²) in [5.41, 5.74) is 6.52. The zero-order valence-electron chi connectivity index (χ0n) is 16.3. The molecule has 0 aliphatic heterocycles. The topological polar surface area (TPSA) is 0 Å². The molecule has 0 atom stereocenters. The Morgan fingerprint density at radius 1 is 0.480 bits per heavy atom. The van der Waals surface area contributed by atoms with Gasteiger partial charge < -0.3 is 0 Å². The summed E-state index contributed by atoms with van der Waals surface area (Å²) in [6.07, 6.45) is 28.8. The van der Waals surface area contributed by atoms with Crippen molar-refractivity contribution in [2.75, 3.05) is 0 Å². The van der Waals surface area contributed by atoms with Gasteiger partial charge in [-0.3, -0.25) is 0 Å². The number of fused-ring (bicyclic) bond motifs is 3. The van der Waals surface area contributed by atoms with Gasteiger partial charge in [0.15, 0.2) is 0 Å². The number of hydrogen-bond acceptors (Lipinski definition) is 0. The van der Waals surface area contributed by atoms with Crippen LogP contribution in [0.5, 0.6) is 0 Å². The maximum atomic E-state index is 2.46. The number of benzene rings is 1. The number of rotatable bonds is 0. The van der Waals surface area contributed by atoms with Gasteiger partial charge in [-0.25, -0.2) is 0 Å². The minimum absolute atomic E-state index is 1.16. The van der Waals surface area contributed by atoms with Crippen LogP contribution in [0, 0.1) is 0 Å². The van der Waals surface area contributed by atoms with E-state index >= 15 is 0 Å². The SMILES string of the molecule is C1=Cc2c(ccc3c2CCCCCCCCCCCCCCCC3)C1. The van der Waals surface area contributed by atoms with Crippen molar-refractivity contribution in [3.63, 3.8) is 0 Å². The third kappa shape index (κ3) is 6.01. The lowest BCUT2D eigenvalue weighted by atomic mass is 9.90. The van der Waals surface area contributed by atoms with Crippen LogP contribution in [0.15, 0.2) is 18.2 Å². The first kappa shape index (κ1) is 18.7. The molecule has 0 aromatic heterocycles. The summed E-state index contributed by atoms with van der Waals surface area (Å²) in [7, 11) is 0. The summed E-state index contributed by atoms with van der Waals surface area (Å²) in [6.45, 7) is 0. The average molecular weight is 339 g/mol. The van der Waals surface area contributed by atoms with E-state index < -0.39 is 0 Å². The number of allylic oxidation sites excluding steroid dienone is 1. The minimum atomic E-state index is 1.16. The Balaban J connectivity index is 1.60. The fourth-order valence-corrected chi connectivity index (χ4v) is 4.72. The van der Waals surface area contributed by atoms with Crippen LogP contribution in [0.2, 0.25) is 0 Å². The highest BCUT2D eigenvalue weighted by atomic mass is 14.2. The van der Waals surface area contributed by atoms with Gasteiger partial charge in [-0.1, -0.05) is 101 Å². The molecule has 0 saturated carbocycles. The summed E-state index contributed by atoms with van der Waals surface area (Å²) in [5.74, 6) is 0. The van der Waals surface area contributed by atoms with Gasteiger partial charge in [-0.15, -0.1) is 0 Å². The molecule has 0 saturated heterocycles. The predicted octanol–water partition coefficient (Wildman–Crippen LogP) is 7.82. The molecule has 1 aromatic carbocycles. The molecule has 0 nitrogen and oxygen atoms in total. The molecule has 0 unspecified atom stereocenters. The molecule has 138 valence electrons. The Labute approximate surface area is 156 Å². The molecule has 0 amide bonds. The first-order valence-corrected chi connectivity index (χ1v) is 11.3. The van der Waals surface area contributed by atoms with E-state index in [1.54, 1.807) is 22.3 Å². The van der Waals surface area contributed by atoms with Gasteiger partial charge in [0.1, 0.15) is 0 Å². The van der Waals surface area contributed by atoms with Crippen LogP contribution in [0.25, 0.3) is 6.08 Å². The van der Waals surface area contributed by atoms with Crippen LogP contribution < -0.4 is 0 Å².